The third-order valence-electron chi connectivity index (χ3n) is 3.23. The molecule has 0 saturated heterocycles. The number of carbonyl (C=O) groups excluding carboxylic acids is 2. The van der Waals surface area contributed by atoms with Gasteiger partial charge in [-0.2, -0.15) is 0 Å². The highest BCUT2D eigenvalue weighted by Crippen LogP contribution is 2.12. The lowest BCUT2D eigenvalue weighted by molar-refractivity contribution is 0.102. The molecule has 132 valence electrons. The van der Waals surface area contributed by atoms with Crippen LogP contribution in [0.4, 0.5) is 11.4 Å². The molecular weight excluding hydrogens is 332 g/mol. The summed E-state index contributed by atoms with van der Waals surface area (Å²) in [5.74, 6) is -0.613. The SMILES string of the molecule is CO.O=C(Nc1cccnc1)c1cccc(C(=O)Nc2cccnc2)c1. The lowest BCUT2D eigenvalue weighted by atomic mass is 10.1. The van der Waals surface area contributed by atoms with Crippen molar-refractivity contribution in [1.29, 1.82) is 0 Å². The minimum absolute atomic E-state index is 0.306. The van der Waals surface area contributed by atoms with Crippen LogP contribution >= 0.6 is 0 Å². The molecule has 0 bridgehead atoms. The first-order valence-electron chi connectivity index (χ1n) is 7.70. The van der Waals surface area contributed by atoms with E-state index < -0.39 is 0 Å². The van der Waals surface area contributed by atoms with Crippen LogP contribution in [0.15, 0.2) is 73.3 Å². The molecule has 2 amide bonds. The second kappa shape index (κ2) is 9.65. The van der Waals surface area contributed by atoms with Crippen LogP contribution < -0.4 is 10.6 Å². The molecule has 0 spiro atoms. The molecule has 26 heavy (non-hydrogen) atoms. The largest absolute Gasteiger partial charge is 0.400 e. The van der Waals surface area contributed by atoms with Gasteiger partial charge in [-0.05, 0) is 42.5 Å². The zero-order valence-electron chi connectivity index (χ0n) is 14.1. The second-order valence-electron chi connectivity index (χ2n) is 4.97. The Morgan fingerprint density at radius 2 is 1.23 bits per heavy atom. The fourth-order valence-electron chi connectivity index (χ4n) is 2.08. The van der Waals surface area contributed by atoms with Crippen molar-refractivity contribution in [3.8, 4) is 0 Å². The van der Waals surface area contributed by atoms with Crippen LogP contribution in [0, 0.1) is 0 Å². The quantitative estimate of drug-likeness (QED) is 0.671. The number of pyridine rings is 2. The number of anilines is 2. The van der Waals surface area contributed by atoms with Crippen molar-refractivity contribution in [2.75, 3.05) is 17.7 Å². The number of hydrogen-bond donors (Lipinski definition) is 3. The van der Waals surface area contributed by atoms with Crippen LogP contribution in [0.3, 0.4) is 0 Å². The fourth-order valence-corrected chi connectivity index (χ4v) is 2.08. The predicted octanol–water partition coefficient (Wildman–Crippen LogP) is 2.59. The molecule has 2 heterocycles. The summed E-state index contributed by atoms with van der Waals surface area (Å²) in [7, 11) is 1.00. The minimum atomic E-state index is -0.306. The molecule has 0 saturated carbocycles. The minimum Gasteiger partial charge on any atom is -0.400 e. The van der Waals surface area contributed by atoms with Crippen LogP contribution in [0.5, 0.6) is 0 Å². The van der Waals surface area contributed by atoms with Gasteiger partial charge in [0.05, 0.1) is 23.8 Å². The molecule has 7 nitrogen and oxygen atoms in total. The van der Waals surface area contributed by atoms with Gasteiger partial charge in [-0.25, -0.2) is 0 Å². The summed E-state index contributed by atoms with van der Waals surface area (Å²) in [5.41, 5.74) is 1.95. The Kier molecular flexibility index (Phi) is 6.96. The number of rotatable bonds is 4. The van der Waals surface area contributed by atoms with E-state index >= 15 is 0 Å². The highest BCUT2D eigenvalue weighted by Gasteiger charge is 2.11. The average Bonchev–Trinajstić information content (AvgIpc) is 2.71. The lowest BCUT2D eigenvalue weighted by Crippen LogP contribution is -2.15. The maximum absolute atomic E-state index is 12.3. The van der Waals surface area contributed by atoms with Crippen molar-refractivity contribution in [3.63, 3.8) is 0 Å². The van der Waals surface area contributed by atoms with E-state index in [0.29, 0.717) is 22.5 Å². The van der Waals surface area contributed by atoms with Gasteiger partial charge in [-0.1, -0.05) is 6.07 Å². The van der Waals surface area contributed by atoms with E-state index in [1.54, 1.807) is 67.3 Å². The van der Waals surface area contributed by atoms with Crippen molar-refractivity contribution in [1.82, 2.24) is 9.97 Å². The topological polar surface area (TPSA) is 104 Å². The Morgan fingerprint density at radius 1 is 0.769 bits per heavy atom. The highest BCUT2D eigenvalue weighted by molar-refractivity contribution is 6.08. The van der Waals surface area contributed by atoms with E-state index in [4.69, 9.17) is 5.11 Å². The average molecular weight is 350 g/mol. The monoisotopic (exact) mass is 350 g/mol. The number of benzene rings is 1. The van der Waals surface area contributed by atoms with Gasteiger partial charge in [0.1, 0.15) is 0 Å². The molecule has 0 atom stereocenters. The van der Waals surface area contributed by atoms with Gasteiger partial charge in [-0.15, -0.1) is 0 Å². The van der Waals surface area contributed by atoms with Crippen molar-refractivity contribution >= 4 is 23.2 Å². The molecule has 1 aromatic carbocycles. The predicted molar refractivity (Wildman–Crippen MR) is 99.0 cm³/mol. The normalized spacial score (nSPS) is 9.46. The van der Waals surface area contributed by atoms with Gasteiger partial charge in [0.25, 0.3) is 11.8 Å². The number of aliphatic hydroxyl groups is 1. The number of aliphatic hydroxyl groups excluding tert-OH is 1. The van der Waals surface area contributed by atoms with Crippen LogP contribution in [0.2, 0.25) is 0 Å². The lowest BCUT2D eigenvalue weighted by Gasteiger charge is -2.07. The van der Waals surface area contributed by atoms with Gasteiger partial charge in [0.2, 0.25) is 0 Å². The third-order valence-corrected chi connectivity index (χ3v) is 3.23. The standard InChI is InChI=1S/C18H14N4O2.CH4O/c23-17(21-15-6-2-8-19-11-15)13-4-1-5-14(10-13)18(24)22-16-7-3-9-20-12-16;1-2/h1-12H,(H,21,23)(H,22,24);2H,1H3. The van der Waals surface area contributed by atoms with E-state index in [2.05, 4.69) is 20.6 Å². The van der Waals surface area contributed by atoms with Crippen LogP contribution in [-0.2, 0) is 0 Å². The molecular formula is C19H18N4O3. The Bertz CT molecular complexity index is 786. The molecule has 7 heteroatoms. The Morgan fingerprint density at radius 3 is 1.62 bits per heavy atom. The first kappa shape index (κ1) is 18.8. The molecule has 0 aliphatic rings. The summed E-state index contributed by atoms with van der Waals surface area (Å²) in [6.07, 6.45) is 6.35. The smallest absolute Gasteiger partial charge is 0.255 e. The number of nitrogens with one attached hydrogen (secondary N) is 2. The van der Waals surface area contributed by atoms with Crippen molar-refractivity contribution in [2.45, 2.75) is 0 Å². The van der Waals surface area contributed by atoms with E-state index in [1.807, 2.05) is 0 Å². The van der Waals surface area contributed by atoms with Gasteiger partial charge >= 0.3 is 0 Å². The van der Waals surface area contributed by atoms with Gasteiger partial charge in [-0.3, -0.25) is 19.6 Å². The Hall–Kier alpha value is -3.58. The molecule has 3 rings (SSSR count). The van der Waals surface area contributed by atoms with Crippen molar-refractivity contribution in [3.05, 3.63) is 84.4 Å². The molecule has 0 aliphatic carbocycles. The molecule has 0 unspecified atom stereocenters. The first-order valence-corrected chi connectivity index (χ1v) is 7.70. The van der Waals surface area contributed by atoms with Crippen LogP contribution in [0.1, 0.15) is 20.7 Å². The van der Waals surface area contributed by atoms with Crippen LogP contribution in [-0.4, -0.2) is 34.0 Å². The second-order valence-corrected chi connectivity index (χ2v) is 4.97. The van der Waals surface area contributed by atoms with Gasteiger partial charge < -0.3 is 15.7 Å². The van der Waals surface area contributed by atoms with E-state index in [-0.39, 0.29) is 11.8 Å². The molecule has 3 aromatic rings. The van der Waals surface area contributed by atoms with E-state index in [0.717, 1.165) is 7.11 Å². The number of carbonyl (C=O) groups is 2. The number of amides is 2. The summed E-state index contributed by atoms with van der Waals surface area (Å²) in [4.78, 5) is 32.4. The van der Waals surface area contributed by atoms with Crippen LogP contribution in [0.25, 0.3) is 0 Å². The molecule has 2 aromatic heterocycles. The van der Waals surface area contributed by atoms with Gasteiger partial charge in [0, 0.05) is 30.6 Å². The number of hydrogen-bond acceptors (Lipinski definition) is 5. The van der Waals surface area contributed by atoms with Gasteiger partial charge in [0.15, 0.2) is 0 Å². The van der Waals surface area contributed by atoms with E-state index in [9.17, 15) is 9.59 Å². The summed E-state index contributed by atoms with van der Waals surface area (Å²) in [5, 5.41) is 12.5. The summed E-state index contributed by atoms with van der Waals surface area (Å²) in [6.45, 7) is 0. The van der Waals surface area contributed by atoms with Crippen molar-refractivity contribution < 1.29 is 14.7 Å². The third kappa shape index (κ3) is 5.22. The Labute approximate surface area is 150 Å². The fraction of sp³-hybridized carbons (Fsp3) is 0.0526. The van der Waals surface area contributed by atoms with E-state index in [1.165, 1.54) is 6.07 Å². The summed E-state index contributed by atoms with van der Waals surface area (Å²) >= 11 is 0. The first-order chi connectivity index (χ1) is 12.7. The highest BCUT2D eigenvalue weighted by atomic mass is 16.2. The molecule has 0 aliphatic heterocycles. The summed E-state index contributed by atoms with van der Waals surface area (Å²) < 4.78 is 0. The molecule has 0 fully saturated rings. The maximum Gasteiger partial charge on any atom is 0.255 e. The summed E-state index contributed by atoms with van der Waals surface area (Å²) in [6, 6.07) is 13.4. The maximum atomic E-state index is 12.3. The molecule has 3 N–H and O–H groups in total. The zero-order chi connectivity index (χ0) is 18.8. The Balaban J connectivity index is 0.00000117. The zero-order valence-corrected chi connectivity index (χ0v) is 14.1. The number of nitrogens with zero attached hydrogens (tertiary/aromatic N) is 2. The number of aromatic nitrogens is 2. The van der Waals surface area contributed by atoms with Crippen molar-refractivity contribution in [2.24, 2.45) is 0 Å². The molecule has 0 radical (unpaired) electrons.